The van der Waals surface area contributed by atoms with Gasteiger partial charge < -0.3 is 0 Å². The highest BCUT2D eigenvalue weighted by atomic mass is 35.5. The summed E-state index contributed by atoms with van der Waals surface area (Å²) in [5.41, 5.74) is 0.877. The van der Waals surface area contributed by atoms with Crippen molar-refractivity contribution < 1.29 is 0 Å². The van der Waals surface area contributed by atoms with E-state index in [0.717, 1.165) is 10.6 Å². The summed E-state index contributed by atoms with van der Waals surface area (Å²) in [7, 11) is 0. The predicted molar refractivity (Wildman–Crippen MR) is 94.0 cm³/mol. The van der Waals surface area contributed by atoms with Crippen LogP contribution in [0.2, 0.25) is 10.0 Å². The standard InChI is InChI=1S/C15H11Cl2NS2/c16-13-7-6-12(10-14(13)17)20-9-8-15(19)18-11-4-2-1-3-5-11/h1-10H,(H,18,19). The number of hydrogen-bond donors (Lipinski definition) is 1. The zero-order valence-electron chi connectivity index (χ0n) is 10.3. The van der Waals surface area contributed by atoms with Crippen LogP contribution in [0, 0.1) is 0 Å². The molecule has 0 aromatic heterocycles. The SMILES string of the molecule is SC(C=CSc1ccc(Cl)c(Cl)c1)=Nc1ccccc1. The van der Waals surface area contributed by atoms with Gasteiger partial charge in [0.1, 0.15) is 0 Å². The first-order chi connectivity index (χ1) is 9.65. The third-order valence-corrected chi connectivity index (χ3v) is 4.10. The van der Waals surface area contributed by atoms with Gasteiger partial charge in [-0.25, -0.2) is 4.99 Å². The van der Waals surface area contributed by atoms with Crippen LogP contribution in [0.5, 0.6) is 0 Å². The first-order valence-electron chi connectivity index (χ1n) is 5.76. The number of aliphatic imine (C=N–C) groups is 1. The van der Waals surface area contributed by atoms with Crippen molar-refractivity contribution >= 4 is 58.3 Å². The molecule has 2 aromatic rings. The molecule has 1 nitrogen and oxygen atoms in total. The van der Waals surface area contributed by atoms with Crippen molar-refractivity contribution in [3.63, 3.8) is 0 Å². The van der Waals surface area contributed by atoms with Gasteiger partial charge in [0.2, 0.25) is 0 Å². The van der Waals surface area contributed by atoms with Crippen molar-refractivity contribution in [1.29, 1.82) is 0 Å². The zero-order chi connectivity index (χ0) is 14.4. The lowest BCUT2D eigenvalue weighted by Crippen LogP contribution is -1.78. The third-order valence-electron chi connectivity index (χ3n) is 2.31. The smallest absolute Gasteiger partial charge is 0.0941 e. The van der Waals surface area contributed by atoms with E-state index in [1.54, 1.807) is 6.07 Å². The summed E-state index contributed by atoms with van der Waals surface area (Å²) in [4.78, 5) is 5.37. The average Bonchev–Trinajstić information content (AvgIpc) is 2.44. The van der Waals surface area contributed by atoms with E-state index >= 15 is 0 Å². The van der Waals surface area contributed by atoms with Crippen molar-refractivity contribution in [2.45, 2.75) is 4.90 Å². The normalized spacial score (nSPS) is 12.1. The fourth-order valence-corrected chi connectivity index (χ4v) is 2.74. The number of thiol groups is 1. The molecule has 102 valence electrons. The Morgan fingerprint density at radius 3 is 2.50 bits per heavy atom. The van der Waals surface area contributed by atoms with E-state index in [-0.39, 0.29) is 0 Å². The maximum Gasteiger partial charge on any atom is 0.0941 e. The van der Waals surface area contributed by atoms with E-state index in [1.807, 2.05) is 53.9 Å². The molecule has 0 aliphatic heterocycles. The Hall–Kier alpha value is -0.870. The minimum atomic E-state index is 0.550. The van der Waals surface area contributed by atoms with E-state index < -0.39 is 0 Å². The number of para-hydroxylation sites is 1. The Bertz CT molecular complexity index is 640. The van der Waals surface area contributed by atoms with Gasteiger partial charge in [-0.05, 0) is 41.8 Å². The molecular weight excluding hydrogens is 329 g/mol. The number of nitrogens with zero attached hydrogens (tertiary/aromatic N) is 1. The third kappa shape index (κ3) is 4.91. The second-order valence-corrected chi connectivity index (χ2v) is 6.05. The summed E-state index contributed by atoms with van der Waals surface area (Å²) in [5.74, 6) is 0. The van der Waals surface area contributed by atoms with E-state index in [2.05, 4.69) is 17.6 Å². The Labute approximate surface area is 138 Å². The Morgan fingerprint density at radius 2 is 1.80 bits per heavy atom. The van der Waals surface area contributed by atoms with Gasteiger partial charge in [0, 0.05) is 4.90 Å². The van der Waals surface area contributed by atoms with E-state index in [4.69, 9.17) is 23.2 Å². The molecule has 0 amide bonds. The number of hydrogen-bond acceptors (Lipinski definition) is 2. The van der Waals surface area contributed by atoms with Gasteiger partial charge in [0.15, 0.2) is 0 Å². The van der Waals surface area contributed by atoms with Crippen LogP contribution in [0.3, 0.4) is 0 Å². The molecule has 0 aliphatic carbocycles. The van der Waals surface area contributed by atoms with E-state index in [9.17, 15) is 0 Å². The van der Waals surface area contributed by atoms with Gasteiger partial charge in [-0.2, -0.15) is 0 Å². The van der Waals surface area contributed by atoms with Gasteiger partial charge in [0.05, 0.1) is 20.8 Å². The molecule has 0 fully saturated rings. The molecule has 0 aliphatic rings. The van der Waals surface area contributed by atoms with Crippen LogP contribution in [0.15, 0.2) is 69.9 Å². The molecule has 0 bridgehead atoms. The number of benzene rings is 2. The van der Waals surface area contributed by atoms with Crippen molar-refractivity contribution in [1.82, 2.24) is 0 Å². The molecule has 0 N–H and O–H groups in total. The fourth-order valence-electron chi connectivity index (χ4n) is 1.40. The Kier molecular flexibility index (Phi) is 6.05. The van der Waals surface area contributed by atoms with Crippen molar-refractivity contribution in [3.8, 4) is 0 Å². The maximum absolute atomic E-state index is 5.95. The monoisotopic (exact) mass is 339 g/mol. The molecule has 0 saturated carbocycles. The molecule has 2 rings (SSSR count). The van der Waals surface area contributed by atoms with Crippen LogP contribution in [0.25, 0.3) is 0 Å². The molecule has 0 heterocycles. The molecule has 0 spiro atoms. The Morgan fingerprint density at radius 1 is 1.05 bits per heavy atom. The first-order valence-corrected chi connectivity index (χ1v) is 7.84. The number of rotatable bonds is 4. The van der Waals surface area contributed by atoms with Crippen LogP contribution in [0.1, 0.15) is 0 Å². The predicted octanol–water partition coefficient (Wildman–Crippen LogP) is 6.26. The largest absolute Gasteiger partial charge is 0.242 e. The molecule has 20 heavy (non-hydrogen) atoms. The summed E-state index contributed by atoms with van der Waals surface area (Å²) in [5, 5.41) is 3.66. The summed E-state index contributed by atoms with van der Waals surface area (Å²) in [6.07, 6.45) is 1.84. The van der Waals surface area contributed by atoms with Gasteiger partial charge >= 0.3 is 0 Å². The van der Waals surface area contributed by atoms with Gasteiger partial charge in [-0.3, -0.25) is 0 Å². The molecule has 0 atom stereocenters. The molecule has 0 saturated heterocycles. The lowest BCUT2D eigenvalue weighted by atomic mass is 10.3. The molecule has 0 unspecified atom stereocenters. The van der Waals surface area contributed by atoms with Gasteiger partial charge in [-0.1, -0.05) is 53.2 Å². The second-order valence-electron chi connectivity index (χ2n) is 3.80. The summed E-state index contributed by atoms with van der Waals surface area (Å²) in [6.45, 7) is 0. The maximum atomic E-state index is 5.95. The summed E-state index contributed by atoms with van der Waals surface area (Å²) >= 11 is 17.7. The van der Waals surface area contributed by atoms with E-state index in [0.29, 0.717) is 15.1 Å². The van der Waals surface area contributed by atoms with Crippen LogP contribution >= 0.6 is 47.6 Å². The number of thioether (sulfide) groups is 1. The van der Waals surface area contributed by atoms with Crippen molar-refractivity contribution in [2.24, 2.45) is 4.99 Å². The highest BCUT2D eigenvalue weighted by molar-refractivity contribution is 8.02. The van der Waals surface area contributed by atoms with Crippen LogP contribution in [0.4, 0.5) is 5.69 Å². The van der Waals surface area contributed by atoms with Crippen LogP contribution < -0.4 is 0 Å². The average molecular weight is 340 g/mol. The van der Waals surface area contributed by atoms with Crippen molar-refractivity contribution in [3.05, 3.63) is 70.1 Å². The summed E-state index contributed by atoms with van der Waals surface area (Å²) in [6, 6.07) is 15.2. The van der Waals surface area contributed by atoms with Crippen molar-refractivity contribution in [2.75, 3.05) is 0 Å². The fraction of sp³-hybridized carbons (Fsp3) is 0. The quantitative estimate of drug-likeness (QED) is 0.300. The lowest BCUT2D eigenvalue weighted by molar-refractivity contribution is 1.47. The molecular formula is C15H11Cl2NS2. The highest BCUT2D eigenvalue weighted by Crippen LogP contribution is 2.28. The second kappa shape index (κ2) is 7.79. The minimum Gasteiger partial charge on any atom is -0.242 e. The van der Waals surface area contributed by atoms with Gasteiger partial charge in [0.25, 0.3) is 0 Å². The highest BCUT2D eigenvalue weighted by Gasteiger charge is 1.98. The topological polar surface area (TPSA) is 12.4 Å². The molecule has 5 heteroatoms. The number of halogens is 2. The van der Waals surface area contributed by atoms with Crippen LogP contribution in [-0.2, 0) is 0 Å². The Balaban J connectivity index is 1.99. The lowest BCUT2D eigenvalue weighted by Gasteiger charge is -1.99. The zero-order valence-corrected chi connectivity index (χ0v) is 13.6. The first kappa shape index (κ1) is 15.5. The molecule has 0 radical (unpaired) electrons. The van der Waals surface area contributed by atoms with E-state index in [1.165, 1.54) is 11.8 Å². The van der Waals surface area contributed by atoms with Gasteiger partial charge in [-0.15, -0.1) is 12.6 Å². The summed E-state index contributed by atoms with van der Waals surface area (Å²) < 4.78 is 0. The van der Waals surface area contributed by atoms with Crippen LogP contribution in [-0.4, -0.2) is 5.04 Å². The molecule has 2 aromatic carbocycles. The minimum absolute atomic E-state index is 0.550.